The molecule has 3 rings (SSSR count). The highest BCUT2D eigenvalue weighted by Crippen LogP contribution is 2.28. The molecule has 0 atom stereocenters. The van der Waals surface area contributed by atoms with Gasteiger partial charge in [-0.25, -0.2) is 0 Å². The predicted octanol–water partition coefficient (Wildman–Crippen LogP) is 4.15. The Labute approximate surface area is 164 Å². The first-order valence-corrected chi connectivity index (χ1v) is 9.28. The van der Waals surface area contributed by atoms with Crippen molar-refractivity contribution in [3.8, 4) is 0 Å². The van der Waals surface area contributed by atoms with Crippen molar-refractivity contribution >= 4 is 0 Å². The second-order valence-electron chi connectivity index (χ2n) is 7.03. The summed E-state index contributed by atoms with van der Waals surface area (Å²) < 4.78 is 0. The van der Waals surface area contributed by atoms with Gasteiger partial charge in [-0.15, -0.1) is 13.2 Å². The van der Waals surface area contributed by atoms with E-state index in [0.717, 1.165) is 26.2 Å². The zero-order valence-electron chi connectivity index (χ0n) is 16.6. The van der Waals surface area contributed by atoms with Gasteiger partial charge in [0.2, 0.25) is 13.3 Å². The second-order valence-corrected chi connectivity index (χ2v) is 7.03. The van der Waals surface area contributed by atoms with Crippen LogP contribution in [0, 0.1) is 34.1 Å². The van der Waals surface area contributed by atoms with Crippen molar-refractivity contribution < 1.29 is 0 Å². The summed E-state index contributed by atoms with van der Waals surface area (Å²) in [4.78, 5) is 8.25. The van der Waals surface area contributed by atoms with Gasteiger partial charge in [0.05, 0.1) is 0 Å². The fraction of sp³-hybridized carbons (Fsp3) is 0.304. The van der Waals surface area contributed by atoms with Crippen molar-refractivity contribution in [2.24, 2.45) is 0 Å². The zero-order chi connectivity index (χ0) is 19.4. The van der Waals surface area contributed by atoms with Gasteiger partial charge >= 0.3 is 0 Å². The first-order valence-electron chi connectivity index (χ1n) is 9.28. The van der Waals surface area contributed by atoms with Gasteiger partial charge in [-0.3, -0.25) is 0 Å². The Kier molecular flexibility index (Phi) is 5.94. The first-order chi connectivity index (χ1) is 13.0. The Balaban J connectivity index is 1.74. The van der Waals surface area contributed by atoms with Crippen LogP contribution in [0.1, 0.15) is 27.8 Å². The Morgan fingerprint density at radius 3 is 1.56 bits per heavy atom. The molecule has 2 aliphatic heterocycles. The van der Waals surface area contributed by atoms with Crippen LogP contribution in [0.5, 0.6) is 0 Å². The normalized spacial score (nSPS) is 16.0. The third kappa shape index (κ3) is 4.38. The van der Waals surface area contributed by atoms with E-state index in [1.165, 1.54) is 27.8 Å². The summed E-state index contributed by atoms with van der Waals surface area (Å²) in [6.45, 7) is 24.1. The number of rotatable bonds is 8. The van der Waals surface area contributed by atoms with E-state index in [0.29, 0.717) is 0 Å². The van der Waals surface area contributed by atoms with Crippen LogP contribution in [0.2, 0.25) is 0 Å². The molecule has 0 amide bonds. The largest absolute Gasteiger partial charge is 0.343 e. The molecule has 0 aliphatic carbocycles. The molecule has 27 heavy (non-hydrogen) atoms. The number of hydrogen-bond acceptors (Lipinski definition) is 4. The van der Waals surface area contributed by atoms with Crippen LogP contribution < -0.4 is 0 Å². The van der Waals surface area contributed by atoms with Crippen LogP contribution in [0.25, 0.3) is 0 Å². The summed E-state index contributed by atoms with van der Waals surface area (Å²) in [5.41, 5.74) is 6.72. The third-order valence-electron chi connectivity index (χ3n) is 4.97. The maximum Gasteiger partial charge on any atom is 0.208 e. The van der Waals surface area contributed by atoms with Gasteiger partial charge in [0.15, 0.2) is 0 Å². The van der Waals surface area contributed by atoms with E-state index in [4.69, 9.17) is 0 Å². The molecule has 0 N–H and O–H groups in total. The fourth-order valence-electron chi connectivity index (χ4n) is 3.54. The van der Waals surface area contributed by atoms with Crippen LogP contribution in [-0.2, 0) is 13.1 Å². The molecule has 4 heteroatoms. The molecular weight excluding hydrogens is 332 g/mol. The molecule has 4 nitrogen and oxygen atoms in total. The van der Waals surface area contributed by atoms with Gasteiger partial charge in [0.25, 0.3) is 0 Å². The Hall–Kier alpha value is -2.62. The minimum absolute atomic E-state index is 0.776. The molecule has 0 saturated carbocycles. The highest BCUT2D eigenvalue weighted by atomic mass is 15.3. The first kappa shape index (κ1) is 19.2. The predicted molar refractivity (Wildman–Crippen MR) is 110 cm³/mol. The van der Waals surface area contributed by atoms with Crippen molar-refractivity contribution in [1.29, 1.82) is 0 Å². The minimum Gasteiger partial charge on any atom is -0.343 e. The molecule has 0 spiro atoms. The lowest BCUT2D eigenvalue weighted by Gasteiger charge is -2.25. The maximum absolute atomic E-state index is 3.79. The minimum atomic E-state index is 0.776. The molecule has 0 bridgehead atoms. The molecule has 1 aromatic carbocycles. The van der Waals surface area contributed by atoms with Crippen molar-refractivity contribution in [2.45, 2.75) is 33.9 Å². The third-order valence-corrected chi connectivity index (χ3v) is 4.97. The topological polar surface area (TPSA) is 13.0 Å². The van der Waals surface area contributed by atoms with Crippen molar-refractivity contribution in [1.82, 2.24) is 19.6 Å². The average molecular weight is 361 g/mol. The second kappa shape index (κ2) is 8.38. The van der Waals surface area contributed by atoms with Crippen LogP contribution in [0.4, 0.5) is 0 Å². The number of hydrogen-bond donors (Lipinski definition) is 0. The van der Waals surface area contributed by atoms with Gasteiger partial charge in [0, 0.05) is 51.0 Å². The van der Waals surface area contributed by atoms with Crippen molar-refractivity contribution in [3.63, 3.8) is 0 Å². The Morgan fingerprint density at radius 2 is 1.15 bits per heavy atom. The van der Waals surface area contributed by atoms with Gasteiger partial charge in [0.1, 0.15) is 0 Å². The van der Waals surface area contributed by atoms with E-state index in [1.807, 2.05) is 34.4 Å². The molecule has 0 unspecified atom stereocenters. The maximum atomic E-state index is 3.79. The van der Waals surface area contributed by atoms with E-state index in [2.05, 4.69) is 75.5 Å². The van der Waals surface area contributed by atoms with E-state index < -0.39 is 0 Å². The zero-order valence-corrected chi connectivity index (χ0v) is 16.6. The van der Waals surface area contributed by atoms with Crippen LogP contribution >= 0.6 is 0 Å². The quantitative estimate of drug-likeness (QED) is 0.646. The molecule has 140 valence electrons. The molecule has 2 heterocycles. The summed E-state index contributed by atoms with van der Waals surface area (Å²) in [6, 6.07) is 2.29. The van der Waals surface area contributed by atoms with E-state index in [1.54, 1.807) is 0 Å². The molecular formula is C23H28N4. The fourth-order valence-corrected chi connectivity index (χ4v) is 3.54. The van der Waals surface area contributed by atoms with Crippen molar-refractivity contribution in [3.05, 3.63) is 97.3 Å². The monoisotopic (exact) mass is 360 g/mol. The summed E-state index contributed by atoms with van der Waals surface area (Å²) >= 11 is 0. The lowest BCUT2D eigenvalue weighted by atomic mass is 9.93. The number of benzene rings is 1. The average Bonchev–Trinajstić information content (AvgIpc) is 3.26. The van der Waals surface area contributed by atoms with Gasteiger partial charge in [-0.2, -0.15) is 0 Å². The molecule has 1 aromatic rings. The Morgan fingerprint density at radius 1 is 0.741 bits per heavy atom. The summed E-state index contributed by atoms with van der Waals surface area (Å²) in [6.07, 6.45) is 12.0. The van der Waals surface area contributed by atoms with Crippen LogP contribution in [0.15, 0.2) is 56.2 Å². The smallest absolute Gasteiger partial charge is 0.208 e. The van der Waals surface area contributed by atoms with Crippen LogP contribution in [0.3, 0.4) is 0 Å². The van der Waals surface area contributed by atoms with Gasteiger partial charge in [-0.05, 0) is 48.6 Å². The molecule has 0 fully saturated rings. The number of nitrogens with zero attached hydrogens (tertiary/aromatic N) is 4. The number of aryl methyl sites for hydroxylation is 2. The van der Waals surface area contributed by atoms with Gasteiger partial charge in [-0.1, -0.05) is 18.2 Å². The van der Waals surface area contributed by atoms with Crippen LogP contribution in [-0.4, -0.2) is 32.7 Å². The highest BCUT2D eigenvalue weighted by Gasteiger charge is 2.20. The van der Waals surface area contributed by atoms with Crippen molar-refractivity contribution in [2.75, 3.05) is 13.1 Å². The molecule has 4 radical (unpaired) electrons. The lowest BCUT2D eigenvalue weighted by molar-refractivity contribution is 0.352. The SMILES string of the molecule is C=CCN1[C]N(Cc2c(C)cc(C)c(CN3[C]N(CC=C)C=C3)c2C)C=C1. The summed E-state index contributed by atoms with van der Waals surface area (Å²) in [5, 5.41) is 0. The summed E-state index contributed by atoms with van der Waals surface area (Å²) in [5.74, 6) is 0. The van der Waals surface area contributed by atoms with Gasteiger partial charge < -0.3 is 19.6 Å². The molecule has 0 aromatic heterocycles. The van der Waals surface area contributed by atoms with E-state index in [9.17, 15) is 0 Å². The van der Waals surface area contributed by atoms with E-state index in [-0.39, 0.29) is 0 Å². The van der Waals surface area contributed by atoms with E-state index >= 15 is 0 Å². The lowest BCUT2D eigenvalue weighted by Crippen LogP contribution is -2.22. The standard InChI is InChI=1S/C23H28N4/c1-6-8-24-10-12-26(17-24)15-22-19(3)14-20(4)23(21(22)5)16-27-13-11-25(18-27)9-7-2/h6-7,10-14H,1-2,8-9,15-16H2,3-5H3. The molecule has 2 aliphatic rings. The summed E-state index contributed by atoms with van der Waals surface area (Å²) in [7, 11) is 0. The Bertz CT molecular complexity index is 702. The molecule has 0 saturated heterocycles. The highest BCUT2D eigenvalue weighted by molar-refractivity contribution is 5.45.